The summed E-state index contributed by atoms with van der Waals surface area (Å²) >= 11 is 0. The van der Waals surface area contributed by atoms with Gasteiger partial charge in [-0.15, -0.1) is 0 Å². The van der Waals surface area contributed by atoms with Crippen LogP contribution in [0.25, 0.3) is 0 Å². The van der Waals surface area contributed by atoms with E-state index in [9.17, 15) is 4.79 Å². The number of hydrogen-bond acceptors (Lipinski definition) is 3. The van der Waals surface area contributed by atoms with Crippen molar-refractivity contribution < 1.29 is 9.53 Å². The SMILES string of the molecule is COc1ccc(CCCN2CCN(C(=O)C(C)C)CC2)cc1. The molecule has 0 spiro atoms. The van der Waals surface area contributed by atoms with Gasteiger partial charge in [-0.25, -0.2) is 0 Å². The summed E-state index contributed by atoms with van der Waals surface area (Å²) in [7, 11) is 1.69. The van der Waals surface area contributed by atoms with Crippen molar-refractivity contribution in [1.82, 2.24) is 9.80 Å². The van der Waals surface area contributed by atoms with Crippen molar-refractivity contribution in [3.8, 4) is 5.75 Å². The summed E-state index contributed by atoms with van der Waals surface area (Å²) in [4.78, 5) is 16.4. The number of rotatable bonds is 6. The monoisotopic (exact) mass is 304 g/mol. The molecule has 0 bridgehead atoms. The molecule has 0 saturated carbocycles. The van der Waals surface area contributed by atoms with Crippen molar-refractivity contribution in [2.24, 2.45) is 5.92 Å². The number of ether oxygens (including phenoxy) is 1. The lowest BCUT2D eigenvalue weighted by Gasteiger charge is -2.35. The molecule has 2 rings (SSSR count). The van der Waals surface area contributed by atoms with E-state index in [2.05, 4.69) is 17.0 Å². The quantitative estimate of drug-likeness (QED) is 0.809. The highest BCUT2D eigenvalue weighted by Crippen LogP contribution is 2.13. The molecule has 0 aromatic heterocycles. The molecule has 1 heterocycles. The lowest BCUT2D eigenvalue weighted by Crippen LogP contribution is -2.49. The van der Waals surface area contributed by atoms with Crippen molar-refractivity contribution in [3.63, 3.8) is 0 Å². The largest absolute Gasteiger partial charge is 0.497 e. The molecule has 1 aromatic carbocycles. The Bertz CT molecular complexity index is 462. The highest BCUT2D eigenvalue weighted by atomic mass is 16.5. The predicted octanol–water partition coefficient (Wildman–Crippen LogP) is 2.43. The fraction of sp³-hybridized carbons (Fsp3) is 0.611. The summed E-state index contributed by atoms with van der Waals surface area (Å²) in [6.07, 6.45) is 2.25. The van der Waals surface area contributed by atoms with Gasteiger partial charge in [-0.05, 0) is 37.1 Å². The normalized spacial score (nSPS) is 16.1. The maximum Gasteiger partial charge on any atom is 0.225 e. The summed E-state index contributed by atoms with van der Waals surface area (Å²) < 4.78 is 5.17. The van der Waals surface area contributed by atoms with Crippen LogP contribution in [-0.2, 0) is 11.2 Å². The second kappa shape index (κ2) is 8.18. The van der Waals surface area contributed by atoms with Crippen LogP contribution in [0.3, 0.4) is 0 Å². The van der Waals surface area contributed by atoms with Gasteiger partial charge in [0, 0.05) is 32.1 Å². The maximum atomic E-state index is 12.0. The molecule has 0 radical (unpaired) electrons. The van der Waals surface area contributed by atoms with Crippen LogP contribution in [0.4, 0.5) is 0 Å². The Kier molecular flexibility index (Phi) is 6.25. The zero-order chi connectivity index (χ0) is 15.9. The van der Waals surface area contributed by atoms with Gasteiger partial charge in [-0.1, -0.05) is 26.0 Å². The molecule has 4 nitrogen and oxygen atoms in total. The minimum Gasteiger partial charge on any atom is -0.497 e. The number of nitrogens with zero attached hydrogens (tertiary/aromatic N) is 2. The number of benzene rings is 1. The number of methoxy groups -OCH3 is 1. The number of carbonyl (C=O) groups excluding carboxylic acids is 1. The number of carbonyl (C=O) groups is 1. The molecule has 1 fully saturated rings. The van der Waals surface area contributed by atoms with Gasteiger partial charge in [0.15, 0.2) is 0 Å². The molecule has 0 aliphatic carbocycles. The summed E-state index contributed by atoms with van der Waals surface area (Å²) in [5, 5.41) is 0. The first kappa shape index (κ1) is 16.8. The third kappa shape index (κ3) is 4.73. The van der Waals surface area contributed by atoms with E-state index in [0.717, 1.165) is 51.3 Å². The van der Waals surface area contributed by atoms with Crippen molar-refractivity contribution in [2.45, 2.75) is 26.7 Å². The Morgan fingerprint density at radius 1 is 1.14 bits per heavy atom. The number of hydrogen-bond donors (Lipinski definition) is 0. The molecule has 0 N–H and O–H groups in total. The maximum absolute atomic E-state index is 12.0. The Morgan fingerprint density at radius 2 is 1.77 bits per heavy atom. The second-order valence-electron chi connectivity index (χ2n) is 6.27. The minimum atomic E-state index is 0.113. The first-order chi connectivity index (χ1) is 10.6. The van der Waals surface area contributed by atoms with Crippen LogP contribution < -0.4 is 4.74 Å². The number of piperazine rings is 1. The van der Waals surface area contributed by atoms with E-state index in [4.69, 9.17) is 4.74 Å². The van der Waals surface area contributed by atoms with Gasteiger partial charge >= 0.3 is 0 Å². The predicted molar refractivity (Wildman–Crippen MR) is 89.2 cm³/mol. The molecule has 4 heteroatoms. The van der Waals surface area contributed by atoms with Crippen LogP contribution >= 0.6 is 0 Å². The van der Waals surface area contributed by atoms with E-state index in [1.165, 1.54) is 5.56 Å². The van der Waals surface area contributed by atoms with Crippen LogP contribution in [-0.4, -0.2) is 55.5 Å². The van der Waals surface area contributed by atoms with Gasteiger partial charge in [-0.3, -0.25) is 9.69 Å². The van der Waals surface area contributed by atoms with Crippen LogP contribution in [0, 0.1) is 5.92 Å². The first-order valence-electron chi connectivity index (χ1n) is 8.24. The van der Waals surface area contributed by atoms with Gasteiger partial charge in [0.2, 0.25) is 5.91 Å². The van der Waals surface area contributed by atoms with Gasteiger partial charge < -0.3 is 9.64 Å². The third-order valence-corrected chi connectivity index (χ3v) is 4.28. The average molecular weight is 304 g/mol. The van der Waals surface area contributed by atoms with E-state index in [-0.39, 0.29) is 11.8 Å². The minimum absolute atomic E-state index is 0.113. The van der Waals surface area contributed by atoms with E-state index < -0.39 is 0 Å². The van der Waals surface area contributed by atoms with Crippen LogP contribution in [0.1, 0.15) is 25.8 Å². The summed E-state index contributed by atoms with van der Waals surface area (Å²) in [6, 6.07) is 8.31. The average Bonchev–Trinajstić information content (AvgIpc) is 2.55. The zero-order valence-electron chi connectivity index (χ0n) is 14.0. The molecular weight excluding hydrogens is 276 g/mol. The number of amides is 1. The molecule has 1 aliphatic rings. The third-order valence-electron chi connectivity index (χ3n) is 4.28. The Balaban J connectivity index is 1.67. The molecule has 1 aliphatic heterocycles. The van der Waals surface area contributed by atoms with Crippen molar-refractivity contribution in [3.05, 3.63) is 29.8 Å². The molecule has 1 saturated heterocycles. The summed E-state index contributed by atoms with van der Waals surface area (Å²) in [6.45, 7) is 8.81. The first-order valence-corrected chi connectivity index (χ1v) is 8.24. The van der Waals surface area contributed by atoms with Crippen molar-refractivity contribution in [1.29, 1.82) is 0 Å². The second-order valence-corrected chi connectivity index (χ2v) is 6.27. The number of aryl methyl sites for hydroxylation is 1. The van der Waals surface area contributed by atoms with E-state index in [0.29, 0.717) is 0 Å². The summed E-state index contributed by atoms with van der Waals surface area (Å²) in [5.41, 5.74) is 1.36. The van der Waals surface area contributed by atoms with Gasteiger partial charge in [-0.2, -0.15) is 0 Å². The highest BCUT2D eigenvalue weighted by Gasteiger charge is 2.22. The fourth-order valence-corrected chi connectivity index (χ4v) is 2.86. The standard InChI is InChI=1S/C18H28N2O2/c1-15(2)18(21)20-13-11-19(12-14-20)10-4-5-16-6-8-17(22-3)9-7-16/h6-9,15H,4-5,10-14H2,1-3H3. The Morgan fingerprint density at radius 3 is 2.32 bits per heavy atom. The van der Waals surface area contributed by atoms with Crippen LogP contribution in [0.2, 0.25) is 0 Å². The fourth-order valence-electron chi connectivity index (χ4n) is 2.86. The van der Waals surface area contributed by atoms with Crippen molar-refractivity contribution >= 4 is 5.91 Å². The van der Waals surface area contributed by atoms with Crippen molar-refractivity contribution in [2.75, 3.05) is 39.8 Å². The molecule has 1 aromatic rings. The van der Waals surface area contributed by atoms with E-state index in [1.54, 1.807) is 7.11 Å². The zero-order valence-corrected chi connectivity index (χ0v) is 14.0. The van der Waals surface area contributed by atoms with Gasteiger partial charge in [0.05, 0.1) is 7.11 Å². The molecule has 122 valence electrons. The Hall–Kier alpha value is -1.55. The molecule has 0 unspecified atom stereocenters. The van der Waals surface area contributed by atoms with Gasteiger partial charge in [0.1, 0.15) is 5.75 Å². The lowest BCUT2D eigenvalue weighted by atomic mass is 10.1. The van der Waals surface area contributed by atoms with E-state index in [1.807, 2.05) is 30.9 Å². The molecule has 0 atom stereocenters. The lowest BCUT2D eigenvalue weighted by molar-refractivity contribution is -0.136. The smallest absolute Gasteiger partial charge is 0.225 e. The van der Waals surface area contributed by atoms with Gasteiger partial charge in [0.25, 0.3) is 0 Å². The van der Waals surface area contributed by atoms with Crippen LogP contribution in [0.5, 0.6) is 5.75 Å². The highest BCUT2D eigenvalue weighted by molar-refractivity contribution is 5.78. The van der Waals surface area contributed by atoms with E-state index >= 15 is 0 Å². The molecule has 1 amide bonds. The Labute approximate surface area is 134 Å². The molecule has 22 heavy (non-hydrogen) atoms. The topological polar surface area (TPSA) is 32.8 Å². The summed E-state index contributed by atoms with van der Waals surface area (Å²) in [5.74, 6) is 1.31. The molecular formula is C18H28N2O2. The van der Waals surface area contributed by atoms with Crippen LogP contribution in [0.15, 0.2) is 24.3 Å².